The number of aryl methyl sites for hydroxylation is 1. The van der Waals surface area contributed by atoms with Crippen molar-refractivity contribution in [1.29, 1.82) is 5.26 Å². The van der Waals surface area contributed by atoms with Crippen molar-refractivity contribution in [3.05, 3.63) is 51.7 Å². The van der Waals surface area contributed by atoms with Gasteiger partial charge < -0.3 is 10.1 Å². The smallest absolute Gasteiger partial charge is 0.307 e. The summed E-state index contributed by atoms with van der Waals surface area (Å²) in [5.74, 6) is -1.24. The Kier molecular flexibility index (Phi) is 6.64. The Labute approximate surface area is 155 Å². The maximum Gasteiger partial charge on any atom is 0.307 e. The highest BCUT2D eigenvalue weighted by Gasteiger charge is 2.19. The van der Waals surface area contributed by atoms with Crippen molar-refractivity contribution in [2.75, 3.05) is 5.32 Å². The van der Waals surface area contributed by atoms with Crippen LogP contribution < -0.4 is 5.32 Å². The van der Waals surface area contributed by atoms with Gasteiger partial charge in [-0.2, -0.15) is 5.26 Å². The molecule has 0 spiro atoms. The maximum absolute atomic E-state index is 12.1. The normalized spacial score (nSPS) is 11.3. The van der Waals surface area contributed by atoms with Gasteiger partial charge in [-0.15, -0.1) is 11.3 Å². The Morgan fingerprint density at radius 1 is 1.23 bits per heavy atom. The lowest BCUT2D eigenvalue weighted by Crippen LogP contribution is -2.30. The number of nitriles is 1. The number of hydrogen-bond acceptors (Lipinski definition) is 6. The standard InChI is InChI=1S/C19H18N2O4S/c1-12-6-8-17(26-12)16(22)7-9-18(23)25-13(2)19(24)21-15-5-3-4-14(10-15)11-20/h3-6,8,10,13H,7,9H2,1-2H3,(H,21,24)/t13-/m1/s1. The van der Waals surface area contributed by atoms with Gasteiger partial charge in [-0.1, -0.05) is 6.07 Å². The first-order valence-electron chi connectivity index (χ1n) is 7.99. The molecule has 7 heteroatoms. The molecule has 1 aromatic heterocycles. The molecule has 1 amide bonds. The highest BCUT2D eigenvalue weighted by molar-refractivity contribution is 7.14. The molecule has 2 rings (SSSR count). The van der Waals surface area contributed by atoms with E-state index in [-0.39, 0.29) is 18.6 Å². The molecule has 1 aromatic carbocycles. The second kappa shape index (κ2) is 8.92. The number of Topliss-reactive ketones (excluding diaryl/α,β-unsaturated/α-hetero) is 1. The number of thiophene rings is 1. The van der Waals surface area contributed by atoms with Crippen molar-refractivity contribution in [2.24, 2.45) is 0 Å². The first-order chi connectivity index (χ1) is 12.4. The van der Waals surface area contributed by atoms with Crippen LogP contribution in [-0.2, 0) is 14.3 Å². The lowest BCUT2D eigenvalue weighted by molar-refractivity contribution is -0.153. The van der Waals surface area contributed by atoms with E-state index in [0.29, 0.717) is 16.1 Å². The quantitative estimate of drug-likeness (QED) is 0.595. The fraction of sp³-hybridized carbons (Fsp3) is 0.263. The molecular weight excluding hydrogens is 352 g/mol. The number of hydrogen-bond donors (Lipinski definition) is 1. The van der Waals surface area contributed by atoms with Crippen molar-refractivity contribution in [1.82, 2.24) is 0 Å². The van der Waals surface area contributed by atoms with Crippen molar-refractivity contribution in [3.8, 4) is 6.07 Å². The molecule has 1 N–H and O–H groups in total. The zero-order chi connectivity index (χ0) is 19.1. The highest BCUT2D eigenvalue weighted by atomic mass is 32.1. The van der Waals surface area contributed by atoms with Crippen LogP contribution in [0.5, 0.6) is 0 Å². The van der Waals surface area contributed by atoms with Crippen LogP contribution in [0.4, 0.5) is 5.69 Å². The third-order valence-corrected chi connectivity index (χ3v) is 4.55. The Morgan fingerprint density at radius 3 is 2.65 bits per heavy atom. The third kappa shape index (κ3) is 5.53. The highest BCUT2D eigenvalue weighted by Crippen LogP contribution is 2.18. The number of rotatable bonds is 7. The van der Waals surface area contributed by atoms with Crippen LogP contribution in [0.1, 0.15) is 39.9 Å². The molecule has 134 valence electrons. The minimum atomic E-state index is -1.01. The number of ether oxygens (including phenoxy) is 1. The predicted octanol–water partition coefficient (Wildman–Crippen LogP) is 3.46. The number of carbonyl (C=O) groups excluding carboxylic acids is 3. The van der Waals surface area contributed by atoms with Crippen LogP contribution in [-0.4, -0.2) is 23.8 Å². The topological polar surface area (TPSA) is 96.3 Å². The van der Waals surface area contributed by atoms with Crippen LogP contribution in [0.15, 0.2) is 36.4 Å². The zero-order valence-electron chi connectivity index (χ0n) is 14.4. The first kappa shape index (κ1) is 19.3. The van der Waals surface area contributed by atoms with Gasteiger partial charge in [-0.25, -0.2) is 0 Å². The summed E-state index contributed by atoms with van der Waals surface area (Å²) >= 11 is 1.38. The van der Waals surface area contributed by atoms with Gasteiger partial charge in [0.15, 0.2) is 11.9 Å². The molecule has 2 aromatic rings. The number of amides is 1. The molecule has 0 aliphatic rings. The summed E-state index contributed by atoms with van der Waals surface area (Å²) in [4.78, 5) is 37.6. The van der Waals surface area contributed by atoms with Crippen LogP contribution in [0.2, 0.25) is 0 Å². The average Bonchev–Trinajstić information content (AvgIpc) is 3.06. The molecule has 0 saturated heterocycles. The number of nitrogens with zero attached hydrogens (tertiary/aromatic N) is 1. The largest absolute Gasteiger partial charge is 0.453 e. The molecule has 0 aliphatic heterocycles. The fourth-order valence-corrected chi connectivity index (χ4v) is 2.98. The van der Waals surface area contributed by atoms with E-state index >= 15 is 0 Å². The van der Waals surface area contributed by atoms with Crippen LogP contribution >= 0.6 is 11.3 Å². The molecule has 6 nitrogen and oxygen atoms in total. The van der Waals surface area contributed by atoms with Gasteiger partial charge in [0.25, 0.3) is 5.91 Å². The monoisotopic (exact) mass is 370 g/mol. The first-order valence-corrected chi connectivity index (χ1v) is 8.81. The van der Waals surface area contributed by atoms with Gasteiger partial charge in [-0.3, -0.25) is 14.4 Å². The van der Waals surface area contributed by atoms with Crippen LogP contribution in [0, 0.1) is 18.3 Å². The average molecular weight is 370 g/mol. The van der Waals surface area contributed by atoms with Crippen molar-refractivity contribution in [2.45, 2.75) is 32.8 Å². The second-order valence-corrected chi connectivity index (χ2v) is 6.94. The number of carbonyl (C=O) groups is 3. The Morgan fingerprint density at radius 2 is 2.00 bits per heavy atom. The van der Waals surface area contributed by atoms with Gasteiger partial charge in [0.2, 0.25) is 0 Å². The predicted molar refractivity (Wildman–Crippen MR) is 98.0 cm³/mol. The van der Waals surface area contributed by atoms with Gasteiger partial charge in [-0.05, 0) is 44.2 Å². The maximum atomic E-state index is 12.1. The minimum Gasteiger partial charge on any atom is -0.453 e. The molecule has 0 radical (unpaired) electrons. The molecule has 0 bridgehead atoms. The molecule has 1 heterocycles. The molecule has 26 heavy (non-hydrogen) atoms. The molecular formula is C19H18N2O4S. The van der Waals surface area contributed by atoms with Crippen LogP contribution in [0.25, 0.3) is 0 Å². The summed E-state index contributed by atoms with van der Waals surface area (Å²) < 4.78 is 5.07. The number of anilines is 1. The summed E-state index contributed by atoms with van der Waals surface area (Å²) in [5, 5.41) is 11.4. The van der Waals surface area contributed by atoms with Crippen molar-refractivity contribution >= 4 is 34.7 Å². The number of nitrogens with one attached hydrogen (secondary N) is 1. The summed E-state index contributed by atoms with van der Waals surface area (Å²) in [6.45, 7) is 3.36. The van der Waals surface area contributed by atoms with Gasteiger partial charge >= 0.3 is 5.97 Å². The van der Waals surface area contributed by atoms with E-state index in [9.17, 15) is 14.4 Å². The Bertz CT molecular complexity index is 866. The lowest BCUT2D eigenvalue weighted by Gasteiger charge is -2.13. The Balaban J connectivity index is 1.81. The molecule has 0 saturated carbocycles. The van der Waals surface area contributed by atoms with E-state index < -0.39 is 18.0 Å². The number of ketones is 1. The number of benzene rings is 1. The summed E-state index contributed by atoms with van der Waals surface area (Å²) in [6, 6.07) is 12.0. The molecule has 0 aliphatic carbocycles. The lowest BCUT2D eigenvalue weighted by atomic mass is 10.2. The van der Waals surface area contributed by atoms with Gasteiger partial charge in [0.05, 0.1) is 22.9 Å². The van der Waals surface area contributed by atoms with Crippen molar-refractivity contribution in [3.63, 3.8) is 0 Å². The molecule has 0 unspecified atom stereocenters. The third-order valence-electron chi connectivity index (χ3n) is 3.51. The second-order valence-electron chi connectivity index (χ2n) is 5.65. The number of esters is 1. The molecule has 0 fully saturated rings. The molecule has 1 atom stereocenters. The summed E-state index contributed by atoms with van der Waals surface area (Å²) in [7, 11) is 0. The SMILES string of the molecule is Cc1ccc(C(=O)CCC(=O)O[C@H](C)C(=O)Nc2cccc(C#N)c2)s1. The van der Waals surface area contributed by atoms with E-state index in [1.165, 1.54) is 24.3 Å². The van der Waals surface area contributed by atoms with Crippen molar-refractivity contribution < 1.29 is 19.1 Å². The van der Waals surface area contributed by atoms with E-state index in [1.54, 1.807) is 24.3 Å². The van der Waals surface area contributed by atoms with Gasteiger partial charge in [0.1, 0.15) is 0 Å². The summed E-state index contributed by atoms with van der Waals surface area (Å²) in [5.41, 5.74) is 0.856. The van der Waals surface area contributed by atoms with E-state index in [2.05, 4.69) is 5.32 Å². The van der Waals surface area contributed by atoms with E-state index in [1.807, 2.05) is 19.1 Å². The van der Waals surface area contributed by atoms with Gasteiger partial charge in [0, 0.05) is 17.0 Å². The summed E-state index contributed by atoms with van der Waals surface area (Å²) in [6.07, 6.45) is -1.05. The van der Waals surface area contributed by atoms with E-state index in [4.69, 9.17) is 10.00 Å². The minimum absolute atomic E-state index is 0.0390. The fourth-order valence-electron chi connectivity index (χ4n) is 2.14. The Hall–Kier alpha value is -2.98. The van der Waals surface area contributed by atoms with E-state index in [0.717, 1.165) is 4.88 Å². The van der Waals surface area contributed by atoms with Crippen LogP contribution in [0.3, 0.4) is 0 Å². The zero-order valence-corrected chi connectivity index (χ0v) is 15.3.